The molecule has 2 saturated heterocycles. The smallest absolute Gasteiger partial charge is 0.258 e. The lowest BCUT2D eigenvalue weighted by Gasteiger charge is -2.37. The van der Waals surface area contributed by atoms with Crippen molar-refractivity contribution in [3.63, 3.8) is 0 Å². The van der Waals surface area contributed by atoms with Crippen molar-refractivity contribution in [2.75, 3.05) is 32.7 Å². The summed E-state index contributed by atoms with van der Waals surface area (Å²) in [4.78, 5) is 36.9. The second-order valence-electron chi connectivity index (χ2n) is 8.76. The van der Waals surface area contributed by atoms with Crippen molar-refractivity contribution in [2.24, 2.45) is 0 Å². The molecule has 0 saturated carbocycles. The lowest BCUT2D eigenvalue weighted by molar-refractivity contribution is -0.137. The van der Waals surface area contributed by atoms with Gasteiger partial charge in [-0.2, -0.15) is 0 Å². The van der Waals surface area contributed by atoms with Crippen LogP contribution in [0.3, 0.4) is 0 Å². The number of nitrogens with zero attached hydrogens (tertiary/aromatic N) is 4. The van der Waals surface area contributed by atoms with Gasteiger partial charge in [0.2, 0.25) is 5.91 Å². The fourth-order valence-electron chi connectivity index (χ4n) is 4.91. The molecule has 5 rings (SSSR count). The first-order valence-electron chi connectivity index (χ1n) is 11.5. The zero-order valence-corrected chi connectivity index (χ0v) is 18.6. The Morgan fingerprint density at radius 3 is 2.52 bits per heavy atom. The molecule has 2 fully saturated rings. The summed E-state index contributed by atoms with van der Waals surface area (Å²) in [6.45, 7) is 4.17. The number of aromatic hydroxyl groups is 1. The highest BCUT2D eigenvalue weighted by Gasteiger charge is 2.38. The maximum absolute atomic E-state index is 13.3. The van der Waals surface area contributed by atoms with E-state index in [1.54, 1.807) is 23.2 Å². The second kappa shape index (κ2) is 9.19. The Labute approximate surface area is 193 Å². The number of carbonyl (C=O) groups excluding carboxylic acids is 2. The lowest BCUT2D eigenvalue weighted by atomic mass is 10.0. The first kappa shape index (κ1) is 21.4. The average Bonchev–Trinajstić information content (AvgIpc) is 3.35. The van der Waals surface area contributed by atoms with Gasteiger partial charge in [0.1, 0.15) is 11.8 Å². The van der Waals surface area contributed by atoms with Gasteiger partial charge in [0.05, 0.1) is 11.3 Å². The van der Waals surface area contributed by atoms with E-state index in [-0.39, 0.29) is 23.1 Å². The van der Waals surface area contributed by atoms with E-state index in [9.17, 15) is 14.7 Å². The summed E-state index contributed by atoms with van der Waals surface area (Å²) >= 11 is 0. The maximum Gasteiger partial charge on any atom is 0.258 e. The van der Waals surface area contributed by atoms with Gasteiger partial charge in [0, 0.05) is 50.9 Å². The predicted molar refractivity (Wildman–Crippen MR) is 126 cm³/mol. The minimum absolute atomic E-state index is 0.0126. The summed E-state index contributed by atoms with van der Waals surface area (Å²) in [5.74, 6) is -0.277. The maximum atomic E-state index is 13.3. The number of pyridine rings is 1. The van der Waals surface area contributed by atoms with Crippen molar-refractivity contribution < 1.29 is 14.7 Å². The van der Waals surface area contributed by atoms with E-state index in [0.717, 1.165) is 37.1 Å². The molecule has 170 valence electrons. The molecule has 7 nitrogen and oxygen atoms in total. The Hall–Kier alpha value is -3.45. The first-order chi connectivity index (χ1) is 16.1. The molecule has 0 bridgehead atoms. The number of amides is 2. The molecule has 0 radical (unpaired) electrons. The minimum atomic E-state index is -0.467. The third kappa shape index (κ3) is 4.28. The molecule has 2 amide bonds. The van der Waals surface area contributed by atoms with E-state index in [0.29, 0.717) is 31.4 Å². The quantitative estimate of drug-likeness (QED) is 0.670. The Balaban J connectivity index is 1.26. The summed E-state index contributed by atoms with van der Waals surface area (Å²) in [7, 11) is 0. The van der Waals surface area contributed by atoms with Gasteiger partial charge in [0.25, 0.3) is 5.91 Å². The highest BCUT2D eigenvalue weighted by atomic mass is 16.3. The Morgan fingerprint density at radius 1 is 0.939 bits per heavy atom. The number of benzene rings is 2. The number of phenols is 1. The van der Waals surface area contributed by atoms with E-state index in [2.05, 4.69) is 9.88 Å². The normalized spacial score (nSPS) is 19.2. The fraction of sp³-hybridized carbons (Fsp3) is 0.346. The molecule has 2 aromatic carbocycles. The van der Waals surface area contributed by atoms with Crippen LogP contribution in [0.4, 0.5) is 0 Å². The van der Waals surface area contributed by atoms with E-state index in [1.165, 1.54) is 0 Å². The summed E-state index contributed by atoms with van der Waals surface area (Å²) in [5.41, 5.74) is 1.29. The molecule has 2 aliphatic rings. The van der Waals surface area contributed by atoms with E-state index < -0.39 is 6.04 Å². The predicted octanol–water partition coefficient (Wildman–Crippen LogP) is 2.89. The second-order valence-corrected chi connectivity index (χ2v) is 8.76. The van der Waals surface area contributed by atoms with Gasteiger partial charge in [-0.15, -0.1) is 0 Å². The fourth-order valence-corrected chi connectivity index (χ4v) is 4.91. The van der Waals surface area contributed by atoms with Crippen LogP contribution in [0.2, 0.25) is 0 Å². The van der Waals surface area contributed by atoms with Gasteiger partial charge in [0.15, 0.2) is 0 Å². The van der Waals surface area contributed by atoms with Crippen LogP contribution in [0.5, 0.6) is 5.75 Å². The van der Waals surface area contributed by atoms with Crippen LogP contribution in [0.25, 0.3) is 10.8 Å². The van der Waals surface area contributed by atoms with E-state index in [4.69, 9.17) is 0 Å². The van der Waals surface area contributed by atoms with Crippen molar-refractivity contribution in [2.45, 2.75) is 25.4 Å². The molecule has 1 N–H and O–H groups in total. The molecule has 0 aliphatic carbocycles. The summed E-state index contributed by atoms with van der Waals surface area (Å²) in [5, 5.41) is 12.3. The van der Waals surface area contributed by atoms with Gasteiger partial charge in [-0.1, -0.05) is 36.4 Å². The van der Waals surface area contributed by atoms with Gasteiger partial charge < -0.3 is 14.9 Å². The first-order valence-corrected chi connectivity index (χ1v) is 11.5. The number of aromatic nitrogens is 1. The largest absolute Gasteiger partial charge is 0.506 e. The Morgan fingerprint density at radius 2 is 1.73 bits per heavy atom. The summed E-state index contributed by atoms with van der Waals surface area (Å²) in [6, 6.07) is 16.4. The molecule has 2 aliphatic heterocycles. The number of hydrogen-bond acceptors (Lipinski definition) is 5. The molecule has 3 heterocycles. The lowest BCUT2D eigenvalue weighted by Crippen LogP contribution is -2.54. The summed E-state index contributed by atoms with van der Waals surface area (Å²) in [6.07, 6.45) is 3.25. The zero-order valence-electron chi connectivity index (χ0n) is 18.6. The van der Waals surface area contributed by atoms with Crippen LogP contribution in [0.15, 0.2) is 60.8 Å². The number of fused-ring (bicyclic) bond motifs is 1. The van der Waals surface area contributed by atoms with Crippen LogP contribution >= 0.6 is 0 Å². The molecule has 1 atom stereocenters. The Kier molecular flexibility index (Phi) is 5.96. The topological polar surface area (TPSA) is 77.0 Å². The standard InChI is InChI=1S/C26H28N4O3/c31-24-21-8-2-1-6-19(21)10-11-22(24)25(32)30-13-5-9-23(30)26(33)29-16-14-28(15-17-29)18-20-7-3-4-12-27-20/h1-4,6-8,10-12,23,31H,5,9,13-18H2. The number of likely N-dealkylation sites (tertiary alicyclic amines) is 1. The Bertz CT molecular complexity index is 1160. The van der Waals surface area contributed by atoms with Crippen LogP contribution in [0, 0.1) is 0 Å². The zero-order chi connectivity index (χ0) is 22.8. The van der Waals surface area contributed by atoms with Gasteiger partial charge >= 0.3 is 0 Å². The number of hydrogen-bond donors (Lipinski definition) is 1. The minimum Gasteiger partial charge on any atom is -0.506 e. The van der Waals surface area contributed by atoms with Crippen molar-refractivity contribution in [3.8, 4) is 5.75 Å². The van der Waals surface area contributed by atoms with Crippen LogP contribution < -0.4 is 0 Å². The molecule has 0 spiro atoms. The average molecular weight is 445 g/mol. The van der Waals surface area contributed by atoms with E-state index in [1.807, 2.05) is 47.4 Å². The third-order valence-corrected chi connectivity index (χ3v) is 6.73. The molecule has 7 heteroatoms. The van der Waals surface area contributed by atoms with Crippen LogP contribution in [0.1, 0.15) is 28.9 Å². The van der Waals surface area contributed by atoms with Crippen molar-refractivity contribution >= 4 is 22.6 Å². The highest BCUT2D eigenvalue weighted by Crippen LogP contribution is 2.31. The monoisotopic (exact) mass is 444 g/mol. The third-order valence-electron chi connectivity index (χ3n) is 6.73. The van der Waals surface area contributed by atoms with Crippen molar-refractivity contribution in [3.05, 3.63) is 72.1 Å². The number of rotatable bonds is 4. The molecular formula is C26H28N4O3. The van der Waals surface area contributed by atoms with E-state index >= 15 is 0 Å². The molecular weight excluding hydrogens is 416 g/mol. The number of piperazine rings is 1. The van der Waals surface area contributed by atoms with Crippen LogP contribution in [-0.4, -0.2) is 75.4 Å². The SMILES string of the molecule is O=C(C1CCCN1C(=O)c1ccc2ccccc2c1O)N1CCN(Cc2ccccn2)CC1. The molecule has 3 aromatic rings. The molecule has 1 unspecified atom stereocenters. The summed E-state index contributed by atoms with van der Waals surface area (Å²) < 4.78 is 0. The van der Waals surface area contributed by atoms with Gasteiger partial charge in [-0.3, -0.25) is 19.5 Å². The van der Waals surface area contributed by atoms with Gasteiger partial charge in [-0.05, 0) is 36.4 Å². The van der Waals surface area contributed by atoms with Crippen LogP contribution in [-0.2, 0) is 11.3 Å². The van der Waals surface area contributed by atoms with Crippen molar-refractivity contribution in [1.29, 1.82) is 0 Å². The van der Waals surface area contributed by atoms with Crippen molar-refractivity contribution in [1.82, 2.24) is 19.7 Å². The molecule has 1 aromatic heterocycles. The van der Waals surface area contributed by atoms with Gasteiger partial charge in [-0.25, -0.2) is 0 Å². The molecule has 33 heavy (non-hydrogen) atoms. The highest BCUT2D eigenvalue weighted by molar-refractivity contribution is 6.05. The number of carbonyl (C=O) groups is 2. The number of phenolic OH excluding ortho intramolecular Hbond substituents is 1.